The standard InChI is InChI=1S/C13H18ClN3O/c1-4-10(15)13(11-6-5-7-18-11)17-9(3)12(14)8(2)16-17/h5-7,10,13H,4,15H2,1-3H3. The first-order valence-electron chi connectivity index (χ1n) is 6.06. The van der Waals surface area contributed by atoms with Crippen LogP contribution in [0.25, 0.3) is 0 Å². The number of hydrogen-bond donors (Lipinski definition) is 1. The van der Waals surface area contributed by atoms with Gasteiger partial charge in [0.25, 0.3) is 0 Å². The van der Waals surface area contributed by atoms with Gasteiger partial charge in [-0.15, -0.1) is 0 Å². The Morgan fingerprint density at radius 2 is 2.22 bits per heavy atom. The summed E-state index contributed by atoms with van der Waals surface area (Å²) in [7, 11) is 0. The first-order chi connectivity index (χ1) is 8.56. The molecule has 2 aromatic heterocycles. The van der Waals surface area contributed by atoms with Crippen LogP contribution < -0.4 is 5.73 Å². The number of furan rings is 1. The number of nitrogens with two attached hydrogens (primary N) is 1. The number of aromatic nitrogens is 2. The Bertz CT molecular complexity index is 519. The summed E-state index contributed by atoms with van der Waals surface area (Å²) in [4.78, 5) is 0. The Labute approximate surface area is 112 Å². The van der Waals surface area contributed by atoms with E-state index in [2.05, 4.69) is 5.10 Å². The molecule has 2 rings (SSSR count). The van der Waals surface area contributed by atoms with Crippen LogP contribution in [0.1, 0.15) is 36.5 Å². The zero-order valence-corrected chi connectivity index (χ0v) is 11.6. The zero-order valence-electron chi connectivity index (χ0n) is 10.9. The molecule has 0 amide bonds. The van der Waals surface area contributed by atoms with Crippen molar-refractivity contribution < 1.29 is 4.42 Å². The summed E-state index contributed by atoms with van der Waals surface area (Å²) in [5.41, 5.74) is 7.93. The molecule has 2 atom stereocenters. The Balaban J connectivity index is 2.50. The molecule has 98 valence electrons. The highest BCUT2D eigenvalue weighted by Crippen LogP contribution is 2.28. The van der Waals surface area contributed by atoms with Gasteiger partial charge >= 0.3 is 0 Å². The molecule has 0 bridgehead atoms. The minimum absolute atomic E-state index is 0.0646. The number of aryl methyl sites for hydroxylation is 1. The molecule has 18 heavy (non-hydrogen) atoms. The van der Waals surface area contributed by atoms with Crippen LogP contribution >= 0.6 is 11.6 Å². The van der Waals surface area contributed by atoms with Crippen molar-refractivity contribution in [2.75, 3.05) is 0 Å². The van der Waals surface area contributed by atoms with Crippen molar-refractivity contribution in [1.82, 2.24) is 9.78 Å². The van der Waals surface area contributed by atoms with Gasteiger partial charge in [0, 0.05) is 6.04 Å². The fourth-order valence-corrected chi connectivity index (χ4v) is 2.23. The van der Waals surface area contributed by atoms with Crippen molar-refractivity contribution in [3.63, 3.8) is 0 Å². The molecule has 0 saturated carbocycles. The molecule has 2 heterocycles. The molecular weight excluding hydrogens is 250 g/mol. The maximum absolute atomic E-state index is 6.20. The van der Waals surface area contributed by atoms with E-state index in [1.165, 1.54) is 0 Å². The molecule has 0 fully saturated rings. The van der Waals surface area contributed by atoms with E-state index in [0.717, 1.165) is 23.6 Å². The largest absolute Gasteiger partial charge is 0.467 e. The average molecular weight is 268 g/mol. The third-order valence-electron chi connectivity index (χ3n) is 3.21. The monoisotopic (exact) mass is 267 g/mol. The van der Waals surface area contributed by atoms with E-state index >= 15 is 0 Å². The summed E-state index contributed by atoms with van der Waals surface area (Å²) in [5.74, 6) is 0.812. The van der Waals surface area contributed by atoms with Gasteiger partial charge in [-0.3, -0.25) is 4.68 Å². The first-order valence-corrected chi connectivity index (χ1v) is 6.44. The highest BCUT2D eigenvalue weighted by Gasteiger charge is 2.26. The van der Waals surface area contributed by atoms with E-state index in [4.69, 9.17) is 21.8 Å². The Morgan fingerprint density at radius 3 is 2.67 bits per heavy atom. The second kappa shape index (κ2) is 5.16. The lowest BCUT2D eigenvalue weighted by atomic mass is 10.0. The first kappa shape index (κ1) is 13.2. The third kappa shape index (κ3) is 2.18. The van der Waals surface area contributed by atoms with E-state index in [1.807, 2.05) is 37.6 Å². The predicted octanol–water partition coefficient (Wildman–Crippen LogP) is 3.07. The third-order valence-corrected chi connectivity index (χ3v) is 3.76. The van der Waals surface area contributed by atoms with Gasteiger partial charge in [-0.25, -0.2) is 0 Å². The van der Waals surface area contributed by atoms with Gasteiger partial charge in [-0.05, 0) is 32.4 Å². The summed E-state index contributed by atoms with van der Waals surface area (Å²) < 4.78 is 7.36. The van der Waals surface area contributed by atoms with E-state index < -0.39 is 0 Å². The normalized spacial score (nSPS) is 14.7. The lowest BCUT2D eigenvalue weighted by Crippen LogP contribution is -2.33. The van der Waals surface area contributed by atoms with Crippen molar-refractivity contribution in [2.45, 2.75) is 39.3 Å². The second-order valence-corrected chi connectivity index (χ2v) is 4.84. The maximum atomic E-state index is 6.20. The quantitative estimate of drug-likeness (QED) is 0.926. The predicted molar refractivity (Wildman–Crippen MR) is 71.8 cm³/mol. The minimum atomic E-state index is -0.115. The summed E-state index contributed by atoms with van der Waals surface area (Å²) in [6, 6.07) is 3.60. The maximum Gasteiger partial charge on any atom is 0.129 e. The van der Waals surface area contributed by atoms with E-state index in [9.17, 15) is 0 Å². The van der Waals surface area contributed by atoms with Gasteiger partial charge in [0.2, 0.25) is 0 Å². The molecule has 0 aliphatic heterocycles. The van der Waals surface area contributed by atoms with Gasteiger partial charge in [-0.1, -0.05) is 18.5 Å². The Kier molecular flexibility index (Phi) is 3.78. The van der Waals surface area contributed by atoms with Crippen LogP contribution in [-0.2, 0) is 0 Å². The zero-order chi connectivity index (χ0) is 13.3. The van der Waals surface area contributed by atoms with E-state index in [-0.39, 0.29) is 12.1 Å². The van der Waals surface area contributed by atoms with Gasteiger partial charge in [0.1, 0.15) is 11.8 Å². The number of nitrogens with zero attached hydrogens (tertiary/aromatic N) is 2. The van der Waals surface area contributed by atoms with Crippen LogP contribution in [0.15, 0.2) is 22.8 Å². The smallest absolute Gasteiger partial charge is 0.129 e. The van der Waals surface area contributed by atoms with Gasteiger partial charge in [0.15, 0.2) is 0 Å². The van der Waals surface area contributed by atoms with Crippen LogP contribution in [0, 0.1) is 13.8 Å². The lowest BCUT2D eigenvalue weighted by Gasteiger charge is -2.22. The highest BCUT2D eigenvalue weighted by atomic mass is 35.5. The van der Waals surface area contributed by atoms with Crippen molar-refractivity contribution in [1.29, 1.82) is 0 Å². The molecule has 0 spiro atoms. The molecule has 2 aromatic rings. The lowest BCUT2D eigenvalue weighted by molar-refractivity contribution is 0.346. The molecule has 0 aliphatic carbocycles. The van der Waals surface area contributed by atoms with Gasteiger partial charge in [0.05, 0.1) is 22.7 Å². The average Bonchev–Trinajstić information content (AvgIpc) is 2.96. The molecule has 2 unspecified atom stereocenters. The number of hydrogen-bond acceptors (Lipinski definition) is 3. The second-order valence-electron chi connectivity index (χ2n) is 4.46. The van der Waals surface area contributed by atoms with Crippen molar-refractivity contribution in [3.8, 4) is 0 Å². The summed E-state index contributed by atoms with van der Waals surface area (Å²) in [6.45, 7) is 5.89. The van der Waals surface area contributed by atoms with Crippen LogP contribution in [-0.4, -0.2) is 15.8 Å². The SMILES string of the molecule is CCC(N)C(c1ccco1)n1nc(C)c(Cl)c1C. The fraction of sp³-hybridized carbons (Fsp3) is 0.462. The Morgan fingerprint density at radius 1 is 1.50 bits per heavy atom. The molecule has 2 N–H and O–H groups in total. The van der Waals surface area contributed by atoms with Crippen molar-refractivity contribution >= 4 is 11.6 Å². The fourth-order valence-electron chi connectivity index (χ4n) is 2.11. The molecule has 0 radical (unpaired) electrons. The number of halogens is 1. The van der Waals surface area contributed by atoms with Crippen LogP contribution in [0.5, 0.6) is 0 Å². The minimum Gasteiger partial charge on any atom is -0.467 e. The van der Waals surface area contributed by atoms with Crippen LogP contribution in [0.4, 0.5) is 0 Å². The van der Waals surface area contributed by atoms with Crippen molar-refractivity contribution in [2.24, 2.45) is 5.73 Å². The summed E-state index contributed by atoms with van der Waals surface area (Å²) in [6.07, 6.45) is 2.49. The Hall–Kier alpha value is -1.26. The van der Waals surface area contributed by atoms with Gasteiger partial charge < -0.3 is 10.2 Å². The summed E-state index contributed by atoms with van der Waals surface area (Å²) >= 11 is 6.20. The van der Waals surface area contributed by atoms with Crippen LogP contribution in [0.2, 0.25) is 5.02 Å². The van der Waals surface area contributed by atoms with E-state index in [1.54, 1.807) is 6.26 Å². The van der Waals surface area contributed by atoms with Gasteiger partial charge in [-0.2, -0.15) is 5.10 Å². The molecule has 0 aromatic carbocycles. The molecule has 4 nitrogen and oxygen atoms in total. The number of rotatable bonds is 4. The van der Waals surface area contributed by atoms with Crippen molar-refractivity contribution in [3.05, 3.63) is 40.6 Å². The van der Waals surface area contributed by atoms with Crippen LogP contribution in [0.3, 0.4) is 0 Å². The molecular formula is C13H18ClN3O. The molecule has 0 saturated heterocycles. The van der Waals surface area contributed by atoms with E-state index in [0.29, 0.717) is 5.02 Å². The summed E-state index contributed by atoms with van der Waals surface area (Å²) in [5, 5.41) is 5.17. The molecule has 0 aliphatic rings. The topological polar surface area (TPSA) is 57.0 Å². The highest BCUT2D eigenvalue weighted by molar-refractivity contribution is 6.31. The molecule has 5 heteroatoms.